The molecule has 2 rings (SSSR count). The van der Waals surface area contributed by atoms with Crippen LogP contribution in [0.1, 0.15) is 5.56 Å². The Morgan fingerprint density at radius 3 is 2.71 bits per heavy atom. The van der Waals surface area contributed by atoms with Gasteiger partial charge in [-0.15, -0.1) is 5.10 Å². The first-order chi connectivity index (χ1) is 6.77. The van der Waals surface area contributed by atoms with Crippen molar-refractivity contribution in [1.82, 2.24) is 5.01 Å². The molecular weight excluding hydrogens is 182 g/mol. The van der Waals surface area contributed by atoms with Crippen molar-refractivity contribution in [2.24, 2.45) is 10.8 Å². The molecule has 2 N–H and O–H groups in total. The number of benzene rings is 1. The smallest absolute Gasteiger partial charge is 0.338 e. The Bertz CT molecular complexity index is 375. The van der Waals surface area contributed by atoms with Gasteiger partial charge >= 0.3 is 6.03 Å². The van der Waals surface area contributed by atoms with Crippen LogP contribution in [0, 0.1) is 0 Å². The molecule has 0 fully saturated rings. The fraction of sp³-hybridized carbons (Fsp3) is 0.111. The van der Waals surface area contributed by atoms with E-state index < -0.39 is 6.03 Å². The lowest BCUT2D eigenvalue weighted by Gasteiger charge is -2.02. The number of hydrazone groups is 1. The van der Waals surface area contributed by atoms with Gasteiger partial charge in [-0.25, -0.2) is 4.79 Å². The monoisotopic (exact) mass is 191 g/mol. The fourth-order valence-corrected chi connectivity index (χ4v) is 1.12. The van der Waals surface area contributed by atoms with Gasteiger partial charge < -0.3 is 10.5 Å². The Morgan fingerprint density at radius 1 is 1.43 bits per heavy atom. The van der Waals surface area contributed by atoms with Gasteiger partial charge in [0.15, 0.2) is 6.73 Å². The zero-order valence-corrected chi connectivity index (χ0v) is 7.38. The van der Waals surface area contributed by atoms with Crippen LogP contribution in [0.2, 0.25) is 0 Å². The second kappa shape index (κ2) is 3.37. The normalized spacial score (nSPS) is 14.9. The third kappa shape index (κ3) is 1.52. The average molecular weight is 191 g/mol. The Morgan fingerprint density at radius 2 is 2.14 bits per heavy atom. The molecule has 0 aromatic heterocycles. The zero-order valence-electron chi connectivity index (χ0n) is 7.38. The van der Waals surface area contributed by atoms with E-state index in [1.807, 2.05) is 30.3 Å². The number of urea groups is 1. The third-order valence-corrected chi connectivity index (χ3v) is 1.81. The Hall–Kier alpha value is -2.04. The number of hydrogen-bond donors (Lipinski definition) is 1. The summed E-state index contributed by atoms with van der Waals surface area (Å²) in [5, 5.41) is 4.98. The van der Waals surface area contributed by atoms with Crippen LogP contribution in [0.15, 0.2) is 35.4 Å². The lowest BCUT2D eigenvalue weighted by Crippen LogP contribution is -2.29. The molecule has 0 saturated heterocycles. The Labute approximate surface area is 80.8 Å². The molecule has 0 radical (unpaired) electrons. The minimum atomic E-state index is -0.615. The summed E-state index contributed by atoms with van der Waals surface area (Å²) in [6.45, 7) is 0.0829. The standard InChI is InChI=1S/C9H9N3O2/c10-9(13)12-6-14-8(11-12)7-4-2-1-3-5-7/h1-5H,6H2,(H2,10,13). The topological polar surface area (TPSA) is 67.9 Å². The summed E-state index contributed by atoms with van der Waals surface area (Å²) in [5.74, 6) is 0.421. The molecule has 5 nitrogen and oxygen atoms in total. The maximum atomic E-state index is 10.7. The number of rotatable bonds is 1. The maximum Gasteiger partial charge on any atom is 0.338 e. The van der Waals surface area contributed by atoms with Crippen molar-refractivity contribution in [1.29, 1.82) is 0 Å². The SMILES string of the molecule is NC(=O)N1COC(c2ccccc2)=N1. The van der Waals surface area contributed by atoms with Crippen molar-refractivity contribution in [2.75, 3.05) is 6.73 Å². The third-order valence-electron chi connectivity index (χ3n) is 1.81. The Balaban J connectivity index is 2.22. The summed E-state index contributed by atoms with van der Waals surface area (Å²) in [4.78, 5) is 10.7. The molecule has 2 amide bonds. The van der Waals surface area contributed by atoms with Gasteiger partial charge in [-0.3, -0.25) is 0 Å². The fourth-order valence-electron chi connectivity index (χ4n) is 1.12. The van der Waals surface area contributed by atoms with Gasteiger partial charge in [-0.1, -0.05) is 18.2 Å². The molecule has 0 saturated carbocycles. The van der Waals surface area contributed by atoms with Crippen molar-refractivity contribution < 1.29 is 9.53 Å². The van der Waals surface area contributed by atoms with Crippen LogP contribution in [0.5, 0.6) is 0 Å². The molecule has 1 heterocycles. The van der Waals surface area contributed by atoms with Gasteiger partial charge in [0.1, 0.15) is 0 Å². The molecular formula is C9H9N3O2. The number of hydrogen-bond acceptors (Lipinski definition) is 3. The lowest BCUT2D eigenvalue weighted by atomic mass is 10.2. The van der Waals surface area contributed by atoms with Gasteiger partial charge in [0.2, 0.25) is 5.90 Å². The van der Waals surface area contributed by atoms with Gasteiger partial charge in [-0.2, -0.15) is 5.01 Å². The molecule has 0 bridgehead atoms. The lowest BCUT2D eigenvalue weighted by molar-refractivity contribution is 0.171. The largest absolute Gasteiger partial charge is 0.453 e. The number of carbonyl (C=O) groups is 1. The van der Waals surface area contributed by atoms with Crippen LogP contribution in [0.25, 0.3) is 0 Å². The van der Waals surface area contributed by atoms with E-state index in [1.54, 1.807) is 0 Å². The van der Waals surface area contributed by atoms with E-state index in [1.165, 1.54) is 0 Å². The molecule has 1 aromatic rings. The second-order valence-corrected chi connectivity index (χ2v) is 2.78. The number of nitrogens with zero attached hydrogens (tertiary/aromatic N) is 2. The second-order valence-electron chi connectivity index (χ2n) is 2.78. The Kier molecular flexibility index (Phi) is 2.06. The highest BCUT2D eigenvalue weighted by Gasteiger charge is 2.20. The van der Waals surface area contributed by atoms with E-state index in [-0.39, 0.29) is 6.73 Å². The molecule has 0 atom stereocenters. The minimum Gasteiger partial charge on any atom is -0.453 e. The van der Waals surface area contributed by atoms with Gasteiger partial charge in [0.05, 0.1) is 0 Å². The summed E-state index contributed by atoms with van der Waals surface area (Å²) in [6, 6.07) is 8.72. The average Bonchev–Trinajstić information content (AvgIpc) is 2.68. The molecule has 72 valence electrons. The van der Waals surface area contributed by atoms with Crippen LogP contribution < -0.4 is 5.73 Å². The van der Waals surface area contributed by atoms with Crippen molar-refractivity contribution in [3.8, 4) is 0 Å². The highest BCUT2D eigenvalue weighted by Crippen LogP contribution is 2.10. The van der Waals surface area contributed by atoms with Crippen LogP contribution in [0.4, 0.5) is 4.79 Å². The van der Waals surface area contributed by atoms with Gasteiger partial charge in [-0.05, 0) is 12.1 Å². The summed E-state index contributed by atoms with van der Waals surface area (Å²) in [6.07, 6.45) is 0. The molecule has 14 heavy (non-hydrogen) atoms. The first-order valence-corrected chi connectivity index (χ1v) is 4.11. The molecule has 1 aromatic carbocycles. The van der Waals surface area contributed by atoms with Crippen molar-refractivity contribution in [3.63, 3.8) is 0 Å². The van der Waals surface area contributed by atoms with Crippen LogP contribution >= 0.6 is 0 Å². The molecule has 0 aliphatic carbocycles. The first-order valence-electron chi connectivity index (χ1n) is 4.11. The molecule has 0 spiro atoms. The number of carbonyl (C=O) groups excluding carboxylic acids is 1. The minimum absolute atomic E-state index is 0.0829. The summed E-state index contributed by atoms with van der Waals surface area (Å²) >= 11 is 0. The van der Waals surface area contributed by atoms with Crippen LogP contribution in [-0.2, 0) is 4.74 Å². The number of primary amides is 1. The highest BCUT2D eigenvalue weighted by molar-refractivity contribution is 5.95. The van der Waals surface area contributed by atoms with E-state index in [0.29, 0.717) is 5.90 Å². The maximum absolute atomic E-state index is 10.7. The predicted molar refractivity (Wildman–Crippen MR) is 50.4 cm³/mol. The van der Waals surface area contributed by atoms with E-state index in [2.05, 4.69) is 5.10 Å². The number of ether oxygens (including phenoxy) is 1. The van der Waals surface area contributed by atoms with Gasteiger partial charge in [0.25, 0.3) is 0 Å². The van der Waals surface area contributed by atoms with Crippen LogP contribution in [0.3, 0.4) is 0 Å². The molecule has 1 aliphatic heterocycles. The molecule has 1 aliphatic rings. The highest BCUT2D eigenvalue weighted by atomic mass is 16.5. The van der Waals surface area contributed by atoms with Gasteiger partial charge in [0, 0.05) is 5.56 Å². The van der Waals surface area contributed by atoms with Crippen molar-refractivity contribution in [2.45, 2.75) is 0 Å². The summed E-state index contributed by atoms with van der Waals surface area (Å²) in [5.41, 5.74) is 5.87. The number of amides is 2. The summed E-state index contributed by atoms with van der Waals surface area (Å²) in [7, 11) is 0. The van der Waals surface area contributed by atoms with E-state index in [0.717, 1.165) is 10.6 Å². The quantitative estimate of drug-likeness (QED) is 0.710. The van der Waals surface area contributed by atoms with E-state index >= 15 is 0 Å². The van der Waals surface area contributed by atoms with Crippen molar-refractivity contribution in [3.05, 3.63) is 35.9 Å². The molecule has 0 unspecified atom stereocenters. The molecule has 5 heteroatoms. The summed E-state index contributed by atoms with van der Waals surface area (Å²) < 4.78 is 5.19. The van der Waals surface area contributed by atoms with Crippen LogP contribution in [-0.4, -0.2) is 23.7 Å². The van der Waals surface area contributed by atoms with E-state index in [4.69, 9.17) is 10.5 Å². The number of nitrogens with two attached hydrogens (primary N) is 1. The zero-order chi connectivity index (χ0) is 9.97. The predicted octanol–water partition coefficient (Wildman–Crippen LogP) is 0.717. The van der Waals surface area contributed by atoms with E-state index in [9.17, 15) is 4.79 Å². The first kappa shape index (κ1) is 8.55. The van der Waals surface area contributed by atoms with Crippen molar-refractivity contribution >= 4 is 11.9 Å².